The number of rotatable bonds is 16. The maximum absolute atomic E-state index is 12.3. The van der Waals surface area contributed by atoms with Crippen molar-refractivity contribution in [2.24, 2.45) is 17.8 Å². The molecule has 0 bridgehead atoms. The van der Waals surface area contributed by atoms with E-state index in [9.17, 15) is 14.4 Å². The fourth-order valence-electron chi connectivity index (χ4n) is 2.06. The van der Waals surface area contributed by atoms with E-state index in [2.05, 4.69) is 10.6 Å². The molecule has 0 saturated heterocycles. The van der Waals surface area contributed by atoms with Gasteiger partial charge in [-0.2, -0.15) is 0 Å². The number of nitrogens with one attached hydrogen (secondary N) is 2. The summed E-state index contributed by atoms with van der Waals surface area (Å²) in [5.41, 5.74) is 0. The molecule has 0 saturated carbocycles. The molecule has 0 heterocycles. The summed E-state index contributed by atoms with van der Waals surface area (Å²) in [5.74, 6) is -0.367. The van der Waals surface area contributed by atoms with Crippen LogP contribution in [0.2, 0.25) is 0 Å². The van der Waals surface area contributed by atoms with Crippen LogP contribution in [0.4, 0.5) is 0 Å². The molecule has 0 aliphatic heterocycles. The van der Waals surface area contributed by atoms with Crippen LogP contribution in [0.5, 0.6) is 0 Å². The quantitative estimate of drug-likeness (QED) is 0.223. The topological polar surface area (TPSA) is 103 Å². The number of hydrogen-bond donors (Lipinski definition) is 2. The molecule has 29 heavy (non-hydrogen) atoms. The van der Waals surface area contributed by atoms with Crippen LogP contribution in [-0.2, 0) is 28.6 Å². The van der Waals surface area contributed by atoms with Gasteiger partial charge in [-0.1, -0.05) is 41.5 Å². The van der Waals surface area contributed by atoms with Gasteiger partial charge in [-0.25, -0.2) is 0 Å². The molecular weight excluding hydrogens is 376 g/mol. The van der Waals surface area contributed by atoms with Crippen LogP contribution in [0.1, 0.15) is 54.4 Å². The smallest absolute Gasteiger partial charge is 0.323 e. The van der Waals surface area contributed by atoms with E-state index in [1.165, 1.54) is 0 Å². The first-order valence-corrected chi connectivity index (χ1v) is 10.5. The predicted octanol–water partition coefficient (Wildman–Crippen LogP) is 1.91. The molecule has 0 rings (SSSR count). The second kappa shape index (κ2) is 16.2. The van der Waals surface area contributed by atoms with Crippen molar-refractivity contribution in [1.29, 1.82) is 0 Å². The predicted molar refractivity (Wildman–Crippen MR) is 111 cm³/mol. The maximum Gasteiger partial charge on any atom is 0.323 e. The highest BCUT2D eigenvalue weighted by Gasteiger charge is 2.24. The summed E-state index contributed by atoms with van der Waals surface area (Å²) in [4.78, 5) is 35.8. The highest BCUT2D eigenvalue weighted by Crippen LogP contribution is 2.03. The summed E-state index contributed by atoms with van der Waals surface area (Å²) in [5, 5.41) is 6.15. The molecule has 1 atom stereocenters. The normalized spacial score (nSPS) is 12.3. The van der Waals surface area contributed by atoms with Gasteiger partial charge in [-0.15, -0.1) is 0 Å². The Bertz CT molecular complexity index is 480. The fourth-order valence-corrected chi connectivity index (χ4v) is 2.06. The van der Waals surface area contributed by atoms with E-state index in [-0.39, 0.29) is 30.6 Å². The van der Waals surface area contributed by atoms with Crippen LogP contribution in [-0.4, -0.2) is 63.4 Å². The lowest BCUT2D eigenvalue weighted by Crippen LogP contribution is -2.43. The first-order chi connectivity index (χ1) is 13.6. The van der Waals surface area contributed by atoms with Crippen molar-refractivity contribution in [1.82, 2.24) is 10.6 Å². The van der Waals surface area contributed by atoms with Gasteiger partial charge in [0.25, 0.3) is 0 Å². The highest BCUT2D eigenvalue weighted by atomic mass is 16.5. The Labute approximate surface area is 175 Å². The molecule has 0 aliphatic carbocycles. The number of ether oxygens (including phenoxy) is 3. The van der Waals surface area contributed by atoms with Crippen molar-refractivity contribution in [3.63, 3.8) is 0 Å². The minimum atomic E-state index is -0.758. The van der Waals surface area contributed by atoms with Gasteiger partial charge in [0.05, 0.1) is 32.7 Å². The minimum absolute atomic E-state index is 0.0782. The Kier molecular flexibility index (Phi) is 15.2. The first-order valence-electron chi connectivity index (χ1n) is 10.5. The molecule has 0 spiro atoms. The third-order valence-electron chi connectivity index (χ3n) is 3.57. The van der Waals surface area contributed by atoms with E-state index in [4.69, 9.17) is 14.2 Å². The van der Waals surface area contributed by atoms with Crippen molar-refractivity contribution in [3.8, 4) is 0 Å². The lowest BCUT2D eigenvalue weighted by atomic mass is 10.2. The minimum Gasteiger partial charge on any atom is -0.465 e. The van der Waals surface area contributed by atoms with E-state index in [0.29, 0.717) is 45.4 Å². The Balaban J connectivity index is 4.26. The third kappa shape index (κ3) is 16.9. The second-order valence-electron chi connectivity index (χ2n) is 8.39. The average Bonchev–Trinajstić information content (AvgIpc) is 2.64. The summed E-state index contributed by atoms with van der Waals surface area (Å²) in [6.07, 6.45) is 0.208. The first kappa shape index (κ1) is 27.3. The van der Waals surface area contributed by atoms with Crippen molar-refractivity contribution < 1.29 is 28.6 Å². The van der Waals surface area contributed by atoms with Crippen LogP contribution in [0.25, 0.3) is 0 Å². The molecule has 0 aromatic heterocycles. The van der Waals surface area contributed by atoms with E-state index < -0.39 is 18.0 Å². The molecule has 0 aliphatic rings. The summed E-state index contributed by atoms with van der Waals surface area (Å²) >= 11 is 0. The molecule has 0 radical (unpaired) electrons. The standard InChI is InChI=1S/C21H40N2O6/c1-15(2)12-27-19(24)7-8-22-9-10-23-18(21(26)29-14-17(5)6)11-20(25)28-13-16(3)4/h15-18,22-23H,7-14H2,1-6H3/t18-/m0/s1. The monoisotopic (exact) mass is 416 g/mol. The Morgan fingerprint density at radius 2 is 1.21 bits per heavy atom. The van der Waals surface area contributed by atoms with Crippen LogP contribution in [0.15, 0.2) is 0 Å². The SMILES string of the molecule is CC(C)COC(=O)CCNCCN[C@@H](CC(=O)OCC(C)C)C(=O)OCC(C)C. The van der Waals surface area contributed by atoms with Crippen LogP contribution < -0.4 is 10.6 Å². The van der Waals surface area contributed by atoms with Crippen LogP contribution in [0, 0.1) is 17.8 Å². The van der Waals surface area contributed by atoms with Crippen molar-refractivity contribution in [2.45, 2.75) is 60.4 Å². The van der Waals surface area contributed by atoms with Gasteiger partial charge in [-0.05, 0) is 17.8 Å². The zero-order valence-corrected chi connectivity index (χ0v) is 18.9. The van der Waals surface area contributed by atoms with Gasteiger partial charge in [0, 0.05) is 19.6 Å². The highest BCUT2D eigenvalue weighted by molar-refractivity contribution is 5.82. The third-order valence-corrected chi connectivity index (χ3v) is 3.57. The van der Waals surface area contributed by atoms with E-state index in [1.807, 2.05) is 41.5 Å². The molecule has 0 amide bonds. The molecular formula is C21H40N2O6. The molecule has 8 heteroatoms. The molecule has 0 fully saturated rings. The molecule has 2 N–H and O–H groups in total. The van der Waals surface area contributed by atoms with Gasteiger partial charge in [0.15, 0.2) is 0 Å². The average molecular weight is 417 g/mol. The Morgan fingerprint density at radius 3 is 1.76 bits per heavy atom. The number of esters is 3. The van der Waals surface area contributed by atoms with Crippen molar-refractivity contribution in [2.75, 3.05) is 39.5 Å². The van der Waals surface area contributed by atoms with Gasteiger partial charge >= 0.3 is 17.9 Å². The van der Waals surface area contributed by atoms with Crippen LogP contribution in [0.3, 0.4) is 0 Å². The maximum atomic E-state index is 12.3. The fraction of sp³-hybridized carbons (Fsp3) is 0.857. The zero-order chi connectivity index (χ0) is 22.2. The van der Waals surface area contributed by atoms with Gasteiger partial charge < -0.3 is 24.8 Å². The van der Waals surface area contributed by atoms with Crippen molar-refractivity contribution in [3.05, 3.63) is 0 Å². The second-order valence-corrected chi connectivity index (χ2v) is 8.39. The molecule has 8 nitrogen and oxygen atoms in total. The lowest BCUT2D eigenvalue weighted by Gasteiger charge is -2.18. The van der Waals surface area contributed by atoms with Gasteiger partial charge in [-0.3, -0.25) is 14.4 Å². The van der Waals surface area contributed by atoms with E-state index >= 15 is 0 Å². The van der Waals surface area contributed by atoms with Crippen LogP contribution >= 0.6 is 0 Å². The summed E-state index contributed by atoms with van der Waals surface area (Å²) < 4.78 is 15.5. The zero-order valence-electron chi connectivity index (χ0n) is 18.9. The number of carbonyl (C=O) groups excluding carboxylic acids is 3. The molecule has 0 aromatic carbocycles. The van der Waals surface area contributed by atoms with Crippen molar-refractivity contribution >= 4 is 17.9 Å². The molecule has 0 aromatic rings. The Morgan fingerprint density at radius 1 is 0.690 bits per heavy atom. The van der Waals surface area contributed by atoms with Gasteiger partial charge in [0.1, 0.15) is 6.04 Å². The molecule has 0 unspecified atom stereocenters. The summed E-state index contributed by atoms with van der Waals surface area (Å²) in [7, 11) is 0. The summed E-state index contributed by atoms with van der Waals surface area (Å²) in [6.45, 7) is 14.3. The Hall–Kier alpha value is -1.67. The number of carbonyl (C=O) groups is 3. The lowest BCUT2D eigenvalue weighted by molar-refractivity contribution is -0.153. The van der Waals surface area contributed by atoms with E-state index in [1.54, 1.807) is 0 Å². The summed E-state index contributed by atoms with van der Waals surface area (Å²) in [6, 6.07) is -0.758. The largest absolute Gasteiger partial charge is 0.465 e. The number of hydrogen-bond acceptors (Lipinski definition) is 8. The van der Waals surface area contributed by atoms with Gasteiger partial charge in [0.2, 0.25) is 0 Å². The molecule has 170 valence electrons. The van der Waals surface area contributed by atoms with E-state index in [0.717, 1.165) is 0 Å².